The molecule has 0 amide bonds. The Morgan fingerprint density at radius 1 is 1.09 bits per heavy atom. The first-order valence-electron chi connectivity index (χ1n) is 10.0. The van der Waals surface area contributed by atoms with E-state index in [1.165, 1.54) is 12.1 Å². The Morgan fingerprint density at radius 2 is 1.85 bits per heavy atom. The van der Waals surface area contributed by atoms with Gasteiger partial charge in [0.2, 0.25) is 0 Å². The SMILES string of the molecule is N#CC1=CC=C(NCCN(I)c2nc(-c3ccc(C(F)(F)F)cc3)nc3ccccc23)NC1. The van der Waals surface area contributed by atoms with Crippen molar-refractivity contribution in [2.24, 2.45) is 0 Å². The number of allylic oxidation sites excluding steroid dienone is 2. The average molecular weight is 562 g/mol. The maximum atomic E-state index is 12.9. The zero-order valence-corrected chi connectivity index (χ0v) is 19.4. The lowest BCUT2D eigenvalue weighted by Gasteiger charge is -2.21. The first kappa shape index (κ1) is 22.8. The van der Waals surface area contributed by atoms with E-state index in [0.717, 1.165) is 23.3 Å². The molecule has 1 aromatic heterocycles. The van der Waals surface area contributed by atoms with Crippen LogP contribution >= 0.6 is 22.9 Å². The molecule has 2 heterocycles. The Balaban J connectivity index is 1.56. The number of halogens is 4. The average Bonchev–Trinajstić information content (AvgIpc) is 2.83. The molecule has 33 heavy (non-hydrogen) atoms. The minimum atomic E-state index is -4.39. The van der Waals surface area contributed by atoms with Crippen LogP contribution in [0.5, 0.6) is 0 Å². The van der Waals surface area contributed by atoms with Gasteiger partial charge < -0.3 is 10.6 Å². The number of para-hydroxylation sites is 1. The minimum Gasteiger partial charge on any atom is -0.370 e. The van der Waals surface area contributed by atoms with Crippen LogP contribution in [0.1, 0.15) is 5.56 Å². The lowest BCUT2D eigenvalue weighted by atomic mass is 10.1. The highest BCUT2D eigenvalue weighted by Crippen LogP contribution is 2.32. The fourth-order valence-electron chi connectivity index (χ4n) is 3.27. The number of nitrogens with zero attached hydrogens (tertiary/aromatic N) is 4. The smallest absolute Gasteiger partial charge is 0.370 e. The van der Waals surface area contributed by atoms with Gasteiger partial charge in [-0.2, -0.15) is 18.4 Å². The molecule has 3 aromatic rings. The van der Waals surface area contributed by atoms with E-state index in [1.54, 1.807) is 6.08 Å². The molecule has 0 atom stereocenters. The zero-order valence-electron chi connectivity index (χ0n) is 17.2. The lowest BCUT2D eigenvalue weighted by Crippen LogP contribution is -2.33. The van der Waals surface area contributed by atoms with E-state index in [2.05, 4.69) is 49.5 Å². The Labute approximate surface area is 202 Å². The first-order valence-corrected chi connectivity index (χ1v) is 11.0. The van der Waals surface area contributed by atoms with Crippen molar-refractivity contribution < 1.29 is 13.2 Å². The monoisotopic (exact) mass is 562 g/mol. The second kappa shape index (κ2) is 9.66. The number of dihydropyridines is 1. The molecule has 1 aliphatic heterocycles. The largest absolute Gasteiger partial charge is 0.416 e. The lowest BCUT2D eigenvalue weighted by molar-refractivity contribution is -0.137. The summed E-state index contributed by atoms with van der Waals surface area (Å²) in [4.78, 5) is 9.23. The van der Waals surface area contributed by atoms with E-state index in [4.69, 9.17) is 5.26 Å². The number of anilines is 1. The van der Waals surface area contributed by atoms with Crippen LogP contribution in [0.25, 0.3) is 22.3 Å². The van der Waals surface area contributed by atoms with Gasteiger partial charge in [-0.3, -0.25) is 3.11 Å². The summed E-state index contributed by atoms with van der Waals surface area (Å²) in [6, 6.07) is 14.5. The Morgan fingerprint density at radius 3 is 2.52 bits per heavy atom. The quantitative estimate of drug-likeness (QED) is 0.327. The van der Waals surface area contributed by atoms with Crippen molar-refractivity contribution in [3.05, 3.63) is 77.6 Å². The van der Waals surface area contributed by atoms with Crippen LogP contribution in [-0.2, 0) is 6.18 Å². The van der Waals surface area contributed by atoms with Crippen molar-refractivity contribution in [1.29, 1.82) is 5.26 Å². The van der Waals surface area contributed by atoms with Crippen LogP contribution in [0.3, 0.4) is 0 Å². The van der Waals surface area contributed by atoms with Crippen LogP contribution in [0, 0.1) is 11.3 Å². The van der Waals surface area contributed by atoms with Crippen molar-refractivity contribution in [3.63, 3.8) is 0 Å². The van der Waals surface area contributed by atoms with Gasteiger partial charge in [0, 0.05) is 29.6 Å². The summed E-state index contributed by atoms with van der Waals surface area (Å²) in [6.45, 7) is 1.68. The predicted molar refractivity (Wildman–Crippen MR) is 129 cm³/mol. The normalized spacial score (nSPS) is 13.5. The standard InChI is InChI=1S/C23H18F3IN6/c24-23(25,26)17-8-6-16(7-9-17)21-31-19-4-2-1-3-18(19)22(32-21)33(27)12-11-29-20-10-5-15(13-28)14-30-20/h1-10,29-30H,11-12,14H2. The number of nitriles is 1. The highest BCUT2D eigenvalue weighted by atomic mass is 127. The van der Waals surface area contributed by atoms with E-state index in [9.17, 15) is 13.2 Å². The van der Waals surface area contributed by atoms with Crippen LogP contribution < -0.4 is 13.7 Å². The van der Waals surface area contributed by atoms with Crippen LogP contribution in [-0.4, -0.2) is 29.6 Å². The van der Waals surface area contributed by atoms with Gasteiger partial charge in [0.1, 0.15) is 5.82 Å². The van der Waals surface area contributed by atoms with Gasteiger partial charge in [0.25, 0.3) is 0 Å². The number of hydrogen-bond donors (Lipinski definition) is 2. The minimum absolute atomic E-state index is 0.359. The maximum Gasteiger partial charge on any atom is 0.416 e. The van der Waals surface area contributed by atoms with Gasteiger partial charge in [-0.1, -0.05) is 24.3 Å². The number of nitrogens with one attached hydrogen (secondary N) is 2. The Kier molecular flexibility index (Phi) is 6.69. The van der Waals surface area contributed by atoms with Gasteiger partial charge in [-0.05, 0) is 36.4 Å². The van der Waals surface area contributed by atoms with Gasteiger partial charge >= 0.3 is 6.18 Å². The fourth-order valence-corrected chi connectivity index (χ4v) is 3.88. The van der Waals surface area contributed by atoms with E-state index in [0.29, 0.717) is 47.9 Å². The number of rotatable bonds is 6. The molecule has 0 saturated carbocycles. The molecular weight excluding hydrogens is 544 g/mol. The Hall–Kier alpha value is -3.33. The molecule has 10 heteroatoms. The number of aromatic nitrogens is 2. The second-order valence-electron chi connectivity index (χ2n) is 7.21. The molecule has 4 rings (SSSR count). The number of hydrogen-bond acceptors (Lipinski definition) is 6. The second-order valence-corrected chi connectivity index (χ2v) is 8.38. The zero-order chi connectivity index (χ0) is 23.4. The van der Waals surface area contributed by atoms with Crippen LogP contribution in [0.2, 0.25) is 0 Å². The molecule has 0 unspecified atom stereocenters. The summed E-state index contributed by atoms with van der Waals surface area (Å²) in [5.74, 6) is 1.87. The summed E-state index contributed by atoms with van der Waals surface area (Å²) >= 11 is 2.17. The van der Waals surface area contributed by atoms with Gasteiger partial charge in [-0.25, -0.2) is 9.97 Å². The molecular formula is C23H18F3IN6. The van der Waals surface area contributed by atoms with E-state index in [1.807, 2.05) is 33.5 Å². The van der Waals surface area contributed by atoms with Gasteiger partial charge in [0.05, 0.1) is 52.4 Å². The number of alkyl halides is 3. The molecule has 0 spiro atoms. The highest BCUT2D eigenvalue weighted by molar-refractivity contribution is 14.1. The molecule has 0 radical (unpaired) electrons. The third-order valence-corrected chi connectivity index (χ3v) is 5.91. The van der Waals surface area contributed by atoms with Crippen LogP contribution in [0.15, 0.2) is 72.1 Å². The number of benzene rings is 2. The summed E-state index contributed by atoms with van der Waals surface area (Å²) in [6.07, 6.45) is -0.800. The number of fused-ring (bicyclic) bond motifs is 1. The van der Waals surface area contributed by atoms with Crippen LogP contribution in [0.4, 0.5) is 19.0 Å². The molecule has 168 valence electrons. The van der Waals surface area contributed by atoms with Crippen molar-refractivity contribution in [1.82, 2.24) is 20.6 Å². The fraction of sp³-hybridized carbons (Fsp3) is 0.174. The summed E-state index contributed by atoms with van der Waals surface area (Å²) in [7, 11) is 0. The molecule has 1 aliphatic rings. The molecule has 2 N–H and O–H groups in total. The van der Waals surface area contributed by atoms with E-state index < -0.39 is 11.7 Å². The molecule has 0 aliphatic carbocycles. The first-order chi connectivity index (χ1) is 15.8. The molecule has 2 aromatic carbocycles. The summed E-state index contributed by atoms with van der Waals surface area (Å²) in [5.41, 5.74) is 1.17. The van der Waals surface area contributed by atoms with Gasteiger partial charge in [0.15, 0.2) is 5.82 Å². The third kappa shape index (κ3) is 5.36. The van der Waals surface area contributed by atoms with Gasteiger partial charge in [-0.15, -0.1) is 0 Å². The molecule has 0 bridgehead atoms. The highest BCUT2D eigenvalue weighted by Gasteiger charge is 2.30. The maximum absolute atomic E-state index is 12.9. The summed E-state index contributed by atoms with van der Waals surface area (Å²) in [5, 5.41) is 16.2. The summed E-state index contributed by atoms with van der Waals surface area (Å²) < 4.78 is 40.7. The third-order valence-electron chi connectivity index (χ3n) is 4.97. The Bertz CT molecular complexity index is 1260. The molecule has 0 fully saturated rings. The van der Waals surface area contributed by atoms with Crippen molar-refractivity contribution >= 4 is 39.6 Å². The topological polar surface area (TPSA) is 76.9 Å². The van der Waals surface area contributed by atoms with E-state index >= 15 is 0 Å². The van der Waals surface area contributed by atoms with E-state index in [-0.39, 0.29) is 0 Å². The van der Waals surface area contributed by atoms with Crippen molar-refractivity contribution in [2.75, 3.05) is 22.7 Å². The molecule has 0 saturated heterocycles. The molecule has 6 nitrogen and oxygen atoms in total. The van der Waals surface area contributed by atoms with Crippen molar-refractivity contribution in [2.45, 2.75) is 6.18 Å². The van der Waals surface area contributed by atoms with Crippen molar-refractivity contribution in [3.8, 4) is 17.5 Å². The predicted octanol–water partition coefficient (Wildman–Crippen LogP) is 4.96.